The number of benzene rings is 1. The van der Waals surface area contributed by atoms with Crippen LogP contribution in [0.2, 0.25) is 5.02 Å². The second-order valence-corrected chi connectivity index (χ2v) is 7.85. The summed E-state index contributed by atoms with van der Waals surface area (Å²) in [5.41, 5.74) is 2.95. The Labute approximate surface area is 183 Å². The molecule has 3 aromatic rings. The quantitative estimate of drug-likeness (QED) is 0.651. The molecule has 0 atom stereocenters. The molecule has 2 aliphatic rings. The van der Waals surface area contributed by atoms with E-state index in [1.807, 2.05) is 6.07 Å². The number of hydrogen-bond acceptors (Lipinski definition) is 6. The fourth-order valence-electron chi connectivity index (χ4n) is 3.91. The van der Waals surface area contributed by atoms with Crippen LogP contribution in [0.25, 0.3) is 0 Å². The maximum atomic E-state index is 12.8. The number of anilines is 3. The van der Waals surface area contributed by atoms with Crippen molar-refractivity contribution in [3.8, 4) is 0 Å². The normalized spacial score (nSPS) is 15.8. The van der Waals surface area contributed by atoms with Crippen LogP contribution in [0.3, 0.4) is 0 Å². The zero-order valence-corrected chi connectivity index (χ0v) is 17.4. The van der Waals surface area contributed by atoms with E-state index < -0.39 is 5.91 Å². The van der Waals surface area contributed by atoms with Crippen molar-refractivity contribution in [1.82, 2.24) is 10.3 Å². The van der Waals surface area contributed by atoms with Gasteiger partial charge in [-0.1, -0.05) is 11.6 Å². The van der Waals surface area contributed by atoms with Crippen LogP contribution < -0.4 is 20.4 Å². The van der Waals surface area contributed by atoms with Crippen molar-refractivity contribution in [2.24, 2.45) is 0 Å². The molecular weight excluding hydrogens is 418 g/mol. The molecule has 2 aromatic heterocycles. The molecule has 2 amide bonds. The molecule has 31 heavy (non-hydrogen) atoms. The highest BCUT2D eigenvalue weighted by atomic mass is 35.5. The van der Waals surface area contributed by atoms with Crippen LogP contribution >= 0.6 is 11.6 Å². The number of aromatic nitrogens is 1. The van der Waals surface area contributed by atoms with Gasteiger partial charge >= 0.3 is 0 Å². The fourth-order valence-corrected chi connectivity index (χ4v) is 4.11. The monoisotopic (exact) mass is 437 g/mol. The molecule has 1 aromatic carbocycles. The van der Waals surface area contributed by atoms with Crippen molar-refractivity contribution in [2.75, 3.05) is 41.3 Å². The summed E-state index contributed by atoms with van der Waals surface area (Å²) in [6.07, 6.45) is 3.34. The third kappa shape index (κ3) is 3.75. The van der Waals surface area contributed by atoms with Crippen molar-refractivity contribution in [2.45, 2.75) is 6.54 Å². The summed E-state index contributed by atoms with van der Waals surface area (Å²) in [7, 11) is 0. The van der Waals surface area contributed by atoms with Gasteiger partial charge in [-0.2, -0.15) is 0 Å². The zero-order chi connectivity index (χ0) is 21.4. The Morgan fingerprint density at radius 3 is 2.84 bits per heavy atom. The average molecular weight is 438 g/mol. The van der Waals surface area contributed by atoms with Gasteiger partial charge in [0.1, 0.15) is 0 Å². The number of carbonyl (C=O) groups excluding carboxylic acids is 2. The highest BCUT2D eigenvalue weighted by Crippen LogP contribution is 2.32. The highest BCUT2D eigenvalue weighted by Gasteiger charge is 2.31. The molecule has 2 N–H and O–H groups in total. The van der Waals surface area contributed by atoms with Gasteiger partial charge < -0.3 is 20.0 Å². The SMILES string of the molecule is O=C(Nc1cnccc1N1CCNCC1)c1ccc(N2Cc3cc(Cl)ccc3C2=O)o1. The van der Waals surface area contributed by atoms with Gasteiger partial charge in [0.25, 0.3) is 11.8 Å². The predicted molar refractivity (Wildman–Crippen MR) is 118 cm³/mol. The zero-order valence-electron chi connectivity index (χ0n) is 16.6. The van der Waals surface area contributed by atoms with E-state index in [2.05, 4.69) is 20.5 Å². The summed E-state index contributed by atoms with van der Waals surface area (Å²) in [4.78, 5) is 33.4. The van der Waals surface area contributed by atoms with Crippen LogP contribution in [0, 0.1) is 0 Å². The number of nitrogens with one attached hydrogen (secondary N) is 2. The van der Waals surface area contributed by atoms with E-state index in [1.165, 1.54) is 4.90 Å². The van der Waals surface area contributed by atoms with E-state index in [-0.39, 0.29) is 11.7 Å². The van der Waals surface area contributed by atoms with E-state index >= 15 is 0 Å². The molecule has 0 aliphatic carbocycles. The minimum Gasteiger partial charge on any atom is -0.435 e. The largest absolute Gasteiger partial charge is 0.435 e. The smallest absolute Gasteiger partial charge is 0.291 e. The standard InChI is InChI=1S/C22H20ClN5O3/c23-15-1-2-16-14(11-15)13-28(22(16)30)20-4-3-19(31-20)21(29)26-17-12-25-6-5-18(17)27-9-7-24-8-10-27/h1-6,11-12,24H,7-10,13H2,(H,26,29). The molecule has 0 spiro atoms. The van der Waals surface area contributed by atoms with Gasteiger partial charge in [0, 0.05) is 49.0 Å². The Hall–Kier alpha value is -3.36. The Bertz CT molecular complexity index is 1160. The molecule has 0 unspecified atom stereocenters. The summed E-state index contributed by atoms with van der Waals surface area (Å²) >= 11 is 6.04. The minimum absolute atomic E-state index is 0.118. The van der Waals surface area contributed by atoms with Crippen LogP contribution in [-0.4, -0.2) is 43.0 Å². The molecule has 0 saturated carbocycles. The lowest BCUT2D eigenvalue weighted by Gasteiger charge is -2.30. The van der Waals surface area contributed by atoms with Crippen LogP contribution in [0.15, 0.2) is 53.2 Å². The van der Waals surface area contributed by atoms with Crippen LogP contribution in [-0.2, 0) is 6.54 Å². The third-order valence-electron chi connectivity index (χ3n) is 5.46. The summed E-state index contributed by atoms with van der Waals surface area (Å²) < 4.78 is 5.73. The lowest BCUT2D eigenvalue weighted by atomic mass is 10.1. The van der Waals surface area contributed by atoms with Crippen molar-refractivity contribution in [1.29, 1.82) is 0 Å². The highest BCUT2D eigenvalue weighted by molar-refractivity contribution is 6.31. The molecule has 1 saturated heterocycles. The predicted octanol–water partition coefficient (Wildman–Crippen LogP) is 3.15. The molecule has 9 heteroatoms. The second-order valence-electron chi connectivity index (χ2n) is 7.41. The van der Waals surface area contributed by atoms with Gasteiger partial charge in [0.05, 0.1) is 24.1 Å². The number of pyridine rings is 1. The Morgan fingerprint density at radius 2 is 2.00 bits per heavy atom. The summed E-state index contributed by atoms with van der Waals surface area (Å²) in [6.45, 7) is 3.81. The number of carbonyl (C=O) groups is 2. The lowest BCUT2D eigenvalue weighted by Crippen LogP contribution is -2.43. The first kappa shape index (κ1) is 19.6. The molecule has 0 radical (unpaired) electrons. The number of fused-ring (bicyclic) bond motifs is 1. The summed E-state index contributed by atoms with van der Waals surface area (Å²) in [5, 5.41) is 6.77. The van der Waals surface area contributed by atoms with Crippen molar-refractivity contribution >= 4 is 40.7 Å². The van der Waals surface area contributed by atoms with Gasteiger partial charge in [-0.05, 0) is 35.9 Å². The molecule has 158 valence electrons. The summed E-state index contributed by atoms with van der Waals surface area (Å²) in [5.74, 6) is -0.146. The van der Waals surface area contributed by atoms with E-state index in [1.54, 1.807) is 42.7 Å². The first-order chi connectivity index (χ1) is 15.1. The molecule has 4 heterocycles. The van der Waals surface area contributed by atoms with Crippen molar-refractivity contribution < 1.29 is 14.0 Å². The minimum atomic E-state index is -0.400. The van der Waals surface area contributed by atoms with Gasteiger partial charge in [-0.25, -0.2) is 0 Å². The van der Waals surface area contributed by atoms with E-state index in [4.69, 9.17) is 16.0 Å². The van der Waals surface area contributed by atoms with E-state index in [9.17, 15) is 9.59 Å². The topological polar surface area (TPSA) is 90.7 Å². The number of rotatable bonds is 4. The molecular formula is C22H20ClN5O3. The first-order valence-corrected chi connectivity index (χ1v) is 10.4. The van der Waals surface area contributed by atoms with Crippen molar-refractivity contribution in [3.05, 3.63) is 70.7 Å². The molecule has 2 aliphatic heterocycles. The maximum Gasteiger partial charge on any atom is 0.291 e. The number of amides is 2. The lowest BCUT2D eigenvalue weighted by molar-refractivity contribution is 0.0975. The molecule has 1 fully saturated rings. The van der Waals surface area contributed by atoms with E-state index in [0.29, 0.717) is 28.7 Å². The molecule has 8 nitrogen and oxygen atoms in total. The number of piperazine rings is 1. The van der Waals surface area contributed by atoms with Crippen LogP contribution in [0.1, 0.15) is 26.5 Å². The van der Waals surface area contributed by atoms with Crippen LogP contribution in [0.4, 0.5) is 17.3 Å². The van der Waals surface area contributed by atoms with Gasteiger partial charge in [0.2, 0.25) is 5.88 Å². The van der Waals surface area contributed by atoms with Gasteiger partial charge in [-0.15, -0.1) is 0 Å². The fraction of sp³-hybridized carbons (Fsp3) is 0.227. The molecule has 5 rings (SSSR count). The number of furan rings is 1. The average Bonchev–Trinajstić information content (AvgIpc) is 3.39. The first-order valence-electron chi connectivity index (χ1n) is 10.0. The van der Waals surface area contributed by atoms with Crippen molar-refractivity contribution in [3.63, 3.8) is 0 Å². The van der Waals surface area contributed by atoms with Crippen LogP contribution in [0.5, 0.6) is 0 Å². The molecule has 0 bridgehead atoms. The Balaban J connectivity index is 1.33. The van der Waals surface area contributed by atoms with Gasteiger partial charge in [-0.3, -0.25) is 19.5 Å². The number of halogens is 1. The Kier molecular flexibility index (Phi) is 5.09. The second kappa shape index (κ2) is 8.05. The maximum absolute atomic E-state index is 12.8. The summed E-state index contributed by atoms with van der Waals surface area (Å²) in [6, 6.07) is 10.2. The van der Waals surface area contributed by atoms with E-state index in [0.717, 1.165) is 37.4 Å². The number of hydrogen-bond donors (Lipinski definition) is 2. The number of nitrogens with zero attached hydrogens (tertiary/aromatic N) is 3. The third-order valence-corrected chi connectivity index (χ3v) is 5.69. The Morgan fingerprint density at radius 1 is 1.16 bits per heavy atom. The van der Waals surface area contributed by atoms with Gasteiger partial charge in [0.15, 0.2) is 5.76 Å².